The van der Waals surface area contributed by atoms with E-state index in [2.05, 4.69) is 5.32 Å². The van der Waals surface area contributed by atoms with E-state index in [1.807, 2.05) is 0 Å². The second kappa shape index (κ2) is 7.37. The quantitative estimate of drug-likeness (QED) is 0.629. The molecule has 2 rings (SSSR count). The zero-order chi connectivity index (χ0) is 17.9. The van der Waals surface area contributed by atoms with Gasteiger partial charge in [-0.2, -0.15) is 0 Å². The van der Waals surface area contributed by atoms with Crippen LogP contribution >= 0.6 is 23.2 Å². The number of carbonyl (C=O) groups excluding carboxylic acids is 1. The van der Waals surface area contributed by atoms with Crippen LogP contribution in [0.1, 0.15) is 10.4 Å². The molecule has 7 nitrogen and oxygen atoms in total. The topological polar surface area (TPSA) is 90.7 Å². The number of anilines is 1. The van der Waals surface area contributed by atoms with Gasteiger partial charge in [0.15, 0.2) is 0 Å². The standard InChI is InChI=1S/C15H12Cl2N2O5/c1-23-13-7-14(24-2)12(6-11(13)17)18-15(20)9-4-3-8(19(21)22)5-10(9)16/h3-7H,1-2H3,(H,18,20). The Bertz CT molecular complexity index is 811. The van der Waals surface area contributed by atoms with Crippen molar-refractivity contribution in [1.82, 2.24) is 0 Å². The highest BCUT2D eigenvalue weighted by atomic mass is 35.5. The number of methoxy groups -OCH3 is 2. The first-order valence-corrected chi connectivity index (χ1v) is 7.29. The largest absolute Gasteiger partial charge is 0.495 e. The van der Waals surface area contributed by atoms with Gasteiger partial charge in [-0.1, -0.05) is 23.2 Å². The average molecular weight is 371 g/mol. The maximum Gasteiger partial charge on any atom is 0.270 e. The van der Waals surface area contributed by atoms with Crippen LogP contribution < -0.4 is 14.8 Å². The van der Waals surface area contributed by atoms with Crippen LogP contribution in [-0.4, -0.2) is 25.1 Å². The number of ether oxygens (including phenoxy) is 2. The molecule has 126 valence electrons. The highest BCUT2D eigenvalue weighted by molar-refractivity contribution is 6.35. The van der Waals surface area contributed by atoms with Crippen molar-refractivity contribution in [3.63, 3.8) is 0 Å². The van der Waals surface area contributed by atoms with Crippen LogP contribution in [0.3, 0.4) is 0 Å². The van der Waals surface area contributed by atoms with Gasteiger partial charge in [-0.25, -0.2) is 0 Å². The Labute approximate surface area is 147 Å². The molecule has 24 heavy (non-hydrogen) atoms. The van der Waals surface area contributed by atoms with Crippen molar-refractivity contribution in [3.05, 3.63) is 56.1 Å². The molecular weight excluding hydrogens is 359 g/mol. The number of hydrogen-bond donors (Lipinski definition) is 1. The Morgan fingerprint density at radius 1 is 1.08 bits per heavy atom. The summed E-state index contributed by atoms with van der Waals surface area (Å²) >= 11 is 12.0. The molecule has 0 bridgehead atoms. The number of nitrogens with one attached hydrogen (secondary N) is 1. The van der Waals surface area contributed by atoms with Crippen LogP contribution in [0.2, 0.25) is 10.0 Å². The zero-order valence-corrected chi connectivity index (χ0v) is 14.1. The lowest BCUT2D eigenvalue weighted by atomic mass is 10.2. The van der Waals surface area contributed by atoms with E-state index < -0.39 is 10.8 Å². The maximum absolute atomic E-state index is 12.4. The highest BCUT2D eigenvalue weighted by Gasteiger charge is 2.17. The number of halogens is 2. The summed E-state index contributed by atoms with van der Waals surface area (Å²) in [5, 5.41) is 13.6. The Kier molecular flexibility index (Phi) is 5.48. The fourth-order valence-corrected chi connectivity index (χ4v) is 2.45. The molecule has 2 aromatic carbocycles. The molecule has 0 atom stereocenters. The van der Waals surface area contributed by atoms with Crippen LogP contribution in [0.25, 0.3) is 0 Å². The molecule has 9 heteroatoms. The highest BCUT2D eigenvalue weighted by Crippen LogP contribution is 2.36. The summed E-state index contributed by atoms with van der Waals surface area (Å²) < 4.78 is 10.3. The molecule has 0 saturated carbocycles. The molecule has 0 aliphatic carbocycles. The number of nitrogens with zero attached hydrogens (tertiary/aromatic N) is 1. The van der Waals surface area contributed by atoms with Gasteiger partial charge in [0.2, 0.25) is 0 Å². The van der Waals surface area contributed by atoms with E-state index in [0.717, 1.165) is 6.07 Å². The maximum atomic E-state index is 12.4. The summed E-state index contributed by atoms with van der Waals surface area (Å²) in [6.07, 6.45) is 0. The van der Waals surface area contributed by atoms with E-state index in [9.17, 15) is 14.9 Å². The summed E-state index contributed by atoms with van der Waals surface area (Å²) in [7, 11) is 2.88. The molecule has 0 aromatic heterocycles. The molecule has 0 saturated heterocycles. The Morgan fingerprint density at radius 2 is 1.75 bits per heavy atom. The molecule has 2 aromatic rings. The number of benzene rings is 2. The fourth-order valence-electron chi connectivity index (χ4n) is 1.95. The predicted molar refractivity (Wildman–Crippen MR) is 90.6 cm³/mol. The molecule has 1 N–H and O–H groups in total. The number of rotatable bonds is 5. The first-order valence-electron chi connectivity index (χ1n) is 6.54. The number of nitro benzene ring substituents is 1. The fraction of sp³-hybridized carbons (Fsp3) is 0.133. The van der Waals surface area contributed by atoms with Gasteiger partial charge in [-0.05, 0) is 12.1 Å². The normalized spacial score (nSPS) is 10.2. The molecule has 0 spiro atoms. The number of non-ortho nitro benzene ring substituents is 1. The van der Waals surface area contributed by atoms with E-state index in [-0.39, 0.29) is 21.3 Å². The minimum Gasteiger partial charge on any atom is -0.495 e. The molecule has 0 radical (unpaired) electrons. The molecular formula is C15H12Cl2N2O5. The minimum atomic E-state index is -0.597. The molecule has 0 unspecified atom stereocenters. The van der Waals surface area contributed by atoms with E-state index in [1.54, 1.807) is 0 Å². The molecule has 1 amide bonds. The Balaban J connectivity index is 2.33. The summed E-state index contributed by atoms with van der Waals surface area (Å²) in [6, 6.07) is 6.56. The van der Waals surface area contributed by atoms with Gasteiger partial charge in [0.25, 0.3) is 11.6 Å². The summed E-state index contributed by atoms with van der Waals surface area (Å²) in [5.74, 6) is 0.164. The van der Waals surface area contributed by atoms with Crippen molar-refractivity contribution in [3.8, 4) is 11.5 Å². The van der Waals surface area contributed by atoms with Crippen molar-refractivity contribution in [1.29, 1.82) is 0 Å². The van der Waals surface area contributed by atoms with Crippen LogP contribution in [0.15, 0.2) is 30.3 Å². The Hall–Kier alpha value is -2.51. The SMILES string of the molecule is COc1cc(OC)c(NC(=O)c2ccc([N+](=O)[O-])cc2Cl)cc1Cl. The number of hydrogen-bond acceptors (Lipinski definition) is 5. The molecule has 0 heterocycles. The number of nitro groups is 1. The predicted octanol–water partition coefficient (Wildman–Crippen LogP) is 4.17. The first-order chi connectivity index (χ1) is 11.4. The third kappa shape index (κ3) is 3.69. The van der Waals surface area contributed by atoms with Crippen molar-refractivity contribution >= 4 is 40.5 Å². The third-order valence-corrected chi connectivity index (χ3v) is 3.74. The van der Waals surface area contributed by atoms with E-state index in [1.165, 1.54) is 38.5 Å². The van der Waals surface area contributed by atoms with Crippen molar-refractivity contribution < 1.29 is 19.2 Å². The van der Waals surface area contributed by atoms with Gasteiger partial charge in [-0.3, -0.25) is 14.9 Å². The molecule has 0 aliphatic heterocycles. The second-order valence-electron chi connectivity index (χ2n) is 4.56. The lowest BCUT2D eigenvalue weighted by Gasteiger charge is -2.13. The number of amides is 1. The van der Waals surface area contributed by atoms with Crippen LogP contribution in [0.5, 0.6) is 11.5 Å². The second-order valence-corrected chi connectivity index (χ2v) is 5.38. The lowest BCUT2D eigenvalue weighted by Crippen LogP contribution is -2.13. The van der Waals surface area contributed by atoms with E-state index >= 15 is 0 Å². The van der Waals surface area contributed by atoms with Crippen molar-refractivity contribution in [2.75, 3.05) is 19.5 Å². The minimum absolute atomic E-state index is 0.0414. The van der Waals surface area contributed by atoms with E-state index in [0.29, 0.717) is 17.2 Å². The average Bonchev–Trinajstić information content (AvgIpc) is 2.54. The van der Waals surface area contributed by atoms with Crippen LogP contribution in [0, 0.1) is 10.1 Å². The van der Waals surface area contributed by atoms with Gasteiger partial charge >= 0.3 is 0 Å². The van der Waals surface area contributed by atoms with E-state index in [4.69, 9.17) is 32.7 Å². The molecule has 0 aliphatic rings. The van der Waals surface area contributed by atoms with Gasteiger partial charge in [0.05, 0.1) is 40.4 Å². The number of carbonyl (C=O) groups is 1. The summed E-state index contributed by atoms with van der Waals surface area (Å²) in [5.41, 5.74) is 0.181. The monoisotopic (exact) mass is 370 g/mol. The zero-order valence-electron chi connectivity index (χ0n) is 12.6. The van der Waals surface area contributed by atoms with Gasteiger partial charge < -0.3 is 14.8 Å². The Morgan fingerprint density at radius 3 is 2.29 bits per heavy atom. The third-order valence-electron chi connectivity index (χ3n) is 3.13. The van der Waals surface area contributed by atoms with Gasteiger partial charge in [-0.15, -0.1) is 0 Å². The van der Waals surface area contributed by atoms with Gasteiger partial charge in [0, 0.05) is 18.2 Å². The smallest absolute Gasteiger partial charge is 0.270 e. The van der Waals surface area contributed by atoms with Gasteiger partial charge in [0.1, 0.15) is 11.5 Å². The first kappa shape index (κ1) is 17.8. The molecule has 0 fully saturated rings. The lowest BCUT2D eigenvalue weighted by molar-refractivity contribution is -0.384. The summed E-state index contributed by atoms with van der Waals surface area (Å²) in [6.45, 7) is 0. The summed E-state index contributed by atoms with van der Waals surface area (Å²) in [4.78, 5) is 22.5. The van der Waals surface area contributed by atoms with Crippen LogP contribution in [0.4, 0.5) is 11.4 Å². The van der Waals surface area contributed by atoms with Crippen molar-refractivity contribution in [2.24, 2.45) is 0 Å². The van der Waals surface area contributed by atoms with Crippen LogP contribution in [-0.2, 0) is 0 Å². The van der Waals surface area contributed by atoms with Crippen molar-refractivity contribution in [2.45, 2.75) is 0 Å².